The van der Waals surface area contributed by atoms with E-state index in [1.165, 1.54) is 0 Å². The quantitative estimate of drug-likeness (QED) is 0.749. The van der Waals surface area contributed by atoms with Crippen molar-refractivity contribution in [2.45, 2.75) is 19.4 Å². The number of hydrogen-bond acceptors (Lipinski definition) is 4. The number of carbonyl (C=O) groups is 1. The van der Waals surface area contributed by atoms with Gasteiger partial charge in [-0.25, -0.2) is 0 Å². The topological polar surface area (TPSA) is 61.8 Å². The highest BCUT2D eigenvalue weighted by Crippen LogP contribution is 2.17. The number of amides is 1. The Morgan fingerprint density at radius 1 is 1.40 bits per heavy atom. The Morgan fingerprint density at radius 3 is 2.75 bits per heavy atom. The molecule has 0 bridgehead atoms. The summed E-state index contributed by atoms with van der Waals surface area (Å²) in [7, 11) is 3.94. The van der Waals surface area contributed by atoms with E-state index in [2.05, 4.69) is 5.32 Å². The van der Waals surface area contributed by atoms with Gasteiger partial charge in [0.1, 0.15) is 12.4 Å². The molecule has 1 atom stereocenters. The summed E-state index contributed by atoms with van der Waals surface area (Å²) in [5, 5.41) is 12.0. The first-order chi connectivity index (χ1) is 9.50. The van der Waals surface area contributed by atoms with Crippen molar-refractivity contribution >= 4 is 5.91 Å². The number of hydrogen-bond donors (Lipinski definition) is 2. The van der Waals surface area contributed by atoms with Gasteiger partial charge < -0.3 is 20.1 Å². The summed E-state index contributed by atoms with van der Waals surface area (Å²) in [6.45, 7) is 3.47. The van der Waals surface area contributed by atoms with Gasteiger partial charge >= 0.3 is 0 Å². The highest BCUT2D eigenvalue weighted by Gasteiger charge is 2.11. The molecular formula is C15H24N2O3. The standard InChI is InChI=1S/C15H24N2O3/c1-12(18)8-9-16-15(19)13-6-4-5-7-14(13)20-11-10-17(2)3/h4-7,12,18H,8-11H2,1-3H3,(H,16,19). The minimum absolute atomic E-state index is 0.175. The van der Waals surface area contributed by atoms with E-state index in [0.717, 1.165) is 6.54 Å². The normalized spacial score (nSPS) is 12.2. The fourth-order valence-electron chi connectivity index (χ4n) is 1.61. The lowest BCUT2D eigenvalue weighted by molar-refractivity contribution is 0.0941. The van der Waals surface area contributed by atoms with Crippen LogP contribution in [0.25, 0.3) is 0 Å². The predicted octanol–water partition coefficient (Wildman–Crippen LogP) is 1.13. The maximum absolute atomic E-state index is 12.1. The van der Waals surface area contributed by atoms with Crippen LogP contribution in [0.4, 0.5) is 0 Å². The molecule has 0 saturated heterocycles. The zero-order valence-corrected chi connectivity index (χ0v) is 12.4. The van der Waals surface area contributed by atoms with E-state index in [0.29, 0.717) is 30.9 Å². The van der Waals surface area contributed by atoms with Gasteiger partial charge in [-0.2, -0.15) is 0 Å². The van der Waals surface area contributed by atoms with Gasteiger partial charge in [-0.05, 0) is 39.6 Å². The van der Waals surface area contributed by atoms with Crippen LogP contribution in [-0.2, 0) is 0 Å². The van der Waals surface area contributed by atoms with Gasteiger partial charge in [-0.3, -0.25) is 4.79 Å². The second kappa shape index (κ2) is 8.55. The first-order valence-corrected chi connectivity index (χ1v) is 6.83. The maximum atomic E-state index is 12.1. The Bertz CT molecular complexity index is 419. The van der Waals surface area contributed by atoms with Crippen LogP contribution in [0.15, 0.2) is 24.3 Å². The molecule has 0 spiro atoms. The summed E-state index contributed by atoms with van der Waals surface area (Å²) in [6, 6.07) is 7.18. The molecule has 20 heavy (non-hydrogen) atoms. The Kier molecular flexibility index (Phi) is 7.04. The molecule has 2 N–H and O–H groups in total. The Hall–Kier alpha value is -1.59. The van der Waals surface area contributed by atoms with Gasteiger partial charge in [0.25, 0.3) is 5.91 Å². The van der Waals surface area contributed by atoms with E-state index >= 15 is 0 Å². The lowest BCUT2D eigenvalue weighted by atomic mass is 10.2. The molecule has 5 nitrogen and oxygen atoms in total. The van der Waals surface area contributed by atoms with E-state index in [1.807, 2.05) is 31.1 Å². The number of carbonyl (C=O) groups excluding carboxylic acids is 1. The van der Waals surface area contributed by atoms with E-state index in [9.17, 15) is 9.90 Å². The van der Waals surface area contributed by atoms with Crippen molar-refractivity contribution < 1.29 is 14.6 Å². The predicted molar refractivity (Wildman–Crippen MR) is 79.1 cm³/mol. The van der Waals surface area contributed by atoms with Crippen molar-refractivity contribution in [2.75, 3.05) is 33.8 Å². The molecule has 0 heterocycles. The third-order valence-electron chi connectivity index (χ3n) is 2.78. The number of ether oxygens (including phenoxy) is 1. The summed E-state index contributed by atoms with van der Waals surface area (Å²) in [5.74, 6) is 0.412. The van der Waals surface area contributed by atoms with Crippen molar-refractivity contribution in [1.29, 1.82) is 0 Å². The molecule has 1 aromatic carbocycles. The zero-order chi connectivity index (χ0) is 15.0. The van der Waals surface area contributed by atoms with Crippen molar-refractivity contribution in [3.05, 3.63) is 29.8 Å². The van der Waals surface area contributed by atoms with Gasteiger partial charge in [0.15, 0.2) is 0 Å². The van der Waals surface area contributed by atoms with Crippen LogP contribution < -0.4 is 10.1 Å². The highest BCUT2D eigenvalue weighted by atomic mass is 16.5. The van der Waals surface area contributed by atoms with E-state index < -0.39 is 6.10 Å². The van der Waals surface area contributed by atoms with Gasteiger partial charge in [0.05, 0.1) is 11.7 Å². The zero-order valence-electron chi connectivity index (χ0n) is 12.4. The minimum atomic E-state index is -0.415. The molecule has 0 saturated carbocycles. The highest BCUT2D eigenvalue weighted by molar-refractivity contribution is 5.96. The summed E-state index contributed by atoms with van der Waals surface area (Å²) < 4.78 is 5.64. The molecule has 0 radical (unpaired) electrons. The first-order valence-electron chi connectivity index (χ1n) is 6.83. The smallest absolute Gasteiger partial charge is 0.255 e. The number of para-hydroxylation sites is 1. The number of likely N-dealkylation sites (N-methyl/N-ethyl adjacent to an activating group) is 1. The number of rotatable bonds is 8. The Morgan fingerprint density at radius 2 is 2.10 bits per heavy atom. The number of benzene rings is 1. The lowest BCUT2D eigenvalue weighted by Gasteiger charge is -2.14. The maximum Gasteiger partial charge on any atom is 0.255 e. The monoisotopic (exact) mass is 280 g/mol. The lowest BCUT2D eigenvalue weighted by Crippen LogP contribution is -2.27. The van der Waals surface area contributed by atoms with E-state index in [4.69, 9.17) is 4.74 Å². The Balaban J connectivity index is 2.57. The number of aliphatic hydroxyl groups is 1. The molecule has 0 aromatic heterocycles. The summed E-state index contributed by atoms with van der Waals surface area (Å²) in [5.41, 5.74) is 0.525. The average Bonchev–Trinajstić information content (AvgIpc) is 2.38. The molecule has 1 aromatic rings. The van der Waals surface area contributed by atoms with E-state index in [1.54, 1.807) is 19.1 Å². The molecule has 1 rings (SSSR count). The van der Waals surface area contributed by atoms with Crippen molar-refractivity contribution in [3.8, 4) is 5.75 Å². The summed E-state index contributed by atoms with van der Waals surface area (Å²) in [6.07, 6.45) is 0.122. The van der Waals surface area contributed by atoms with Crippen LogP contribution in [0.1, 0.15) is 23.7 Å². The van der Waals surface area contributed by atoms with Gasteiger partial charge in [0.2, 0.25) is 0 Å². The van der Waals surface area contributed by atoms with Crippen LogP contribution in [0.5, 0.6) is 5.75 Å². The molecule has 0 aliphatic carbocycles. The molecular weight excluding hydrogens is 256 g/mol. The Labute approximate surface area is 120 Å². The molecule has 1 unspecified atom stereocenters. The largest absolute Gasteiger partial charge is 0.491 e. The summed E-state index contributed by atoms with van der Waals surface area (Å²) >= 11 is 0. The van der Waals surface area contributed by atoms with Gasteiger partial charge in [-0.1, -0.05) is 12.1 Å². The fraction of sp³-hybridized carbons (Fsp3) is 0.533. The second-order valence-corrected chi connectivity index (χ2v) is 5.04. The molecule has 5 heteroatoms. The number of aliphatic hydroxyl groups excluding tert-OH is 1. The molecule has 0 aliphatic heterocycles. The molecule has 1 amide bonds. The molecule has 112 valence electrons. The van der Waals surface area contributed by atoms with Crippen LogP contribution >= 0.6 is 0 Å². The number of nitrogens with one attached hydrogen (secondary N) is 1. The average molecular weight is 280 g/mol. The van der Waals surface area contributed by atoms with Crippen molar-refractivity contribution in [2.24, 2.45) is 0 Å². The van der Waals surface area contributed by atoms with Crippen molar-refractivity contribution in [1.82, 2.24) is 10.2 Å². The van der Waals surface area contributed by atoms with Gasteiger partial charge in [-0.15, -0.1) is 0 Å². The summed E-state index contributed by atoms with van der Waals surface area (Å²) in [4.78, 5) is 14.1. The van der Waals surface area contributed by atoms with Crippen LogP contribution in [0, 0.1) is 0 Å². The van der Waals surface area contributed by atoms with Gasteiger partial charge in [0, 0.05) is 13.1 Å². The fourth-order valence-corrected chi connectivity index (χ4v) is 1.61. The van der Waals surface area contributed by atoms with Crippen LogP contribution in [-0.4, -0.2) is 55.8 Å². The SMILES string of the molecule is CC(O)CCNC(=O)c1ccccc1OCCN(C)C. The minimum Gasteiger partial charge on any atom is -0.491 e. The third kappa shape index (κ3) is 6.04. The van der Waals surface area contributed by atoms with Crippen molar-refractivity contribution in [3.63, 3.8) is 0 Å². The second-order valence-electron chi connectivity index (χ2n) is 5.04. The van der Waals surface area contributed by atoms with Crippen LogP contribution in [0.3, 0.4) is 0 Å². The first kappa shape index (κ1) is 16.5. The van der Waals surface area contributed by atoms with Crippen LogP contribution in [0.2, 0.25) is 0 Å². The molecule has 0 fully saturated rings. The van der Waals surface area contributed by atoms with E-state index in [-0.39, 0.29) is 5.91 Å². The number of nitrogens with zero attached hydrogens (tertiary/aromatic N) is 1. The third-order valence-corrected chi connectivity index (χ3v) is 2.78. The molecule has 0 aliphatic rings.